The summed E-state index contributed by atoms with van der Waals surface area (Å²) in [6.45, 7) is 0.582. The molecule has 0 spiro atoms. The molecule has 2 amide bonds. The van der Waals surface area contributed by atoms with Gasteiger partial charge in [0.15, 0.2) is 0 Å². The largest absolute Gasteiger partial charge is 0.496 e. The van der Waals surface area contributed by atoms with Gasteiger partial charge in [0.25, 0.3) is 11.8 Å². The summed E-state index contributed by atoms with van der Waals surface area (Å²) in [5, 5.41) is 19.1. The van der Waals surface area contributed by atoms with Crippen molar-refractivity contribution in [2.75, 3.05) is 33.4 Å². The van der Waals surface area contributed by atoms with Crippen molar-refractivity contribution in [1.82, 2.24) is 9.80 Å². The molecule has 8 nitrogen and oxygen atoms in total. The fourth-order valence-corrected chi connectivity index (χ4v) is 5.04. The first-order chi connectivity index (χ1) is 20.9. The zero-order chi connectivity index (χ0) is 30.6. The van der Waals surface area contributed by atoms with Gasteiger partial charge in [-0.25, -0.2) is 0 Å². The fraction of sp³-hybridized carbons (Fsp3) is 0.229. The van der Waals surface area contributed by atoms with Crippen LogP contribution in [0.2, 0.25) is 0 Å². The van der Waals surface area contributed by atoms with Gasteiger partial charge in [0.2, 0.25) is 0 Å². The minimum atomic E-state index is -0.998. The van der Waals surface area contributed by atoms with Crippen LogP contribution in [0.1, 0.15) is 38.3 Å². The molecule has 0 atom stereocenters. The van der Waals surface area contributed by atoms with Crippen LogP contribution in [0.15, 0.2) is 103 Å². The Morgan fingerprint density at radius 2 is 1.23 bits per heavy atom. The number of carbonyl (C=O) groups is 3. The van der Waals surface area contributed by atoms with Crippen LogP contribution in [0, 0.1) is 0 Å². The van der Waals surface area contributed by atoms with Gasteiger partial charge in [-0.3, -0.25) is 14.4 Å². The number of aliphatic hydroxyl groups excluding tert-OH is 1. The van der Waals surface area contributed by atoms with E-state index in [1.807, 2.05) is 60.7 Å². The molecule has 0 unspecified atom stereocenters. The van der Waals surface area contributed by atoms with Gasteiger partial charge in [-0.1, -0.05) is 84.9 Å². The van der Waals surface area contributed by atoms with Gasteiger partial charge in [0.1, 0.15) is 5.75 Å². The highest BCUT2D eigenvalue weighted by Crippen LogP contribution is 2.30. The van der Waals surface area contributed by atoms with Gasteiger partial charge in [-0.05, 0) is 46.9 Å². The number of aliphatic hydroxyl groups is 1. The number of ether oxygens (including phenoxy) is 1. The number of carbonyl (C=O) groups excluding carboxylic acids is 2. The van der Waals surface area contributed by atoms with Crippen LogP contribution in [-0.2, 0) is 17.8 Å². The summed E-state index contributed by atoms with van der Waals surface area (Å²) in [5.74, 6) is -0.897. The van der Waals surface area contributed by atoms with Crippen LogP contribution < -0.4 is 4.74 Å². The van der Waals surface area contributed by atoms with E-state index in [1.165, 1.54) is 4.90 Å². The topological polar surface area (TPSA) is 107 Å². The first kappa shape index (κ1) is 31.0. The number of para-hydroxylation sites is 1. The van der Waals surface area contributed by atoms with Gasteiger partial charge in [0, 0.05) is 37.3 Å². The zero-order valence-electron chi connectivity index (χ0n) is 24.2. The summed E-state index contributed by atoms with van der Waals surface area (Å²) in [4.78, 5) is 42.6. The first-order valence-corrected chi connectivity index (χ1v) is 14.2. The lowest BCUT2D eigenvalue weighted by atomic mass is 9.93. The third kappa shape index (κ3) is 8.08. The molecule has 0 fully saturated rings. The Labute approximate surface area is 251 Å². The van der Waals surface area contributed by atoms with E-state index in [2.05, 4.69) is 0 Å². The van der Waals surface area contributed by atoms with E-state index in [-0.39, 0.29) is 44.5 Å². The SMILES string of the molecule is COc1ccccc1CCN(CCC(=O)O)C(=O)c1ccccc1-c1ccccc1C(=O)N(CCO)Cc1ccccc1. The molecule has 43 heavy (non-hydrogen) atoms. The quantitative estimate of drug-likeness (QED) is 0.214. The number of carboxylic acids is 1. The standard InChI is InChI=1S/C35H36N2O6/c1-43-32-18-10-5-13-27(32)19-21-36(22-20-33(39)40)34(41)30-16-8-6-14-28(30)29-15-7-9-17-31(29)35(42)37(23-24-38)25-26-11-3-2-4-12-26/h2-18,38H,19-25H2,1H3,(H,39,40). The Kier molecular flexibility index (Phi) is 11.0. The molecule has 0 radical (unpaired) electrons. The Morgan fingerprint density at radius 3 is 1.84 bits per heavy atom. The van der Waals surface area contributed by atoms with Crippen molar-refractivity contribution < 1.29 is 29.3 Å². The van der Waals surface area contributed by atoms with Gasteiger partial charge < -0.3 is 24.7 Å². The van der Waals surface area contributed by atoms with Crippen molar-refractivity contribution in [3.05, 3.63) is 125 Å². The van der Waals surface area contributed by atoms with E-state index in [4.69, 9.17) is 4.74 Å². The summed E-state index contributed by atoms with van der Waals surface area (Å²) in [7, 11) is 1.59. The second kappa shape index (κ2) is 15.3. The number of hydrogen-bond donors (Lipinski definition) is 2. The van der Waals surface area contributed by atoms with E-state index in [0.717, 1.165) is 11.1 Å². The van der Waals surface area contributed by atoms with E-state index in [1.54, 1.807) is 54.5 Å². The van der Waals surface area contributed by atoms with Crippen molar-refractivity contribution in [1.29, 1.82) is 0 Å². The molecule has 8 heteroatoms. The fourth-order valence-electron chi connectivity index (χ4n) is 5.04. The van der Waals surface area contributed by atoms with E-state index < -0.39 is 5.97 Å². The minimum Gasteiger partial charge on any atom is -0.496 e. The third-order valence-electron chi connectivity index (χ3n) is 7.20. The van der Waals surface area contributed by atoms with Gasteiger partial charge in [-0.15, -0.1) is 0 Å². The number of methoxy groups -OCH3 is 1. The molecule has 0 saturated heterocycles. The second-order valence-electron chi connectivity index (χ2n) is 10.0. The maximum absolute atomic E-state index is 14.1. The molecular formula is C35H36N2O6. The Balaban J connectivity index is 1.67. The molecule has 0 heterocycles. The molecule has 0 aromatic heterocycles. The zero-order valence-corrected chi connectivity index (χ0v) is 24.2. The lowest BCUT2D eigenvalue weighted by molar-refractivity contribution is -0.137. The highest BCUT2D eigenvalue weighted by atomic mass is 16.5. The summed E-state index contributed by atoms with van der Waals surface area (Å²) < 4.78 is 5.46. The molecule has 4 rings (SSSR count). The van der Waals surface area contributed by atoms with Crippen molar-refractivity contribution in [3.63, 3.8) is 0 Å². The average Bonchev–Trinajstić information content (AvgIpc) is 3.04. The second-order valence-corrected chi connectivity index (χ2v) is 10.0. The highest BCUT2D eigenvalue weighted by Gasteiger charge is 2.25. The van der Waals surface area contributed by atoms with Crippen LogP contribution in [0.3, 0.4) is 0 Å². The van der Waals surface area contributed by atoms with Crippen molar-refractivity contribution in [2.45, 2.75) is 19.4 Å². The van der Waals surface area contributed by atoms with E-state index in [0.29, 0.717) is 41.0 Å². The van der Waals surface area contributed by atoms with Crippen molar-refractivity contribution in [2.24, 2.45) is 0 Å². The third-order valence-corrected chi connectivity index (χ3v) is 7.20. The average molecular weight is 581 g/mol. The maximum atomic E-state index is 14.1. The number of hydrogen-bond acceptors (Lipinski definition) is 5. The van der Waals surface area contributed by atoms with Crippen LogP contribution in [0.5, 0.6) is 5.75 Å². The molecule has 222 valence electrons. The first-order valence-electron chi connectivity index (χ1n) is 14.2. The lowest BCUT2D eigenvalue weighted by Crippen LogP contribution is -2.35. The Hall–Kier alpha value is -4.95. The van der Waals surface area contributed by atoms with Gasteiger partial charge >= 0.3 is 5.97 Å². The predicted octanol–water partition coefficient (Wildman–Crippen LogP) is 5.16. The van der Waals surface area contributed by atoms with E-state index in [9.17, 15) is 24.6 Å². The number of amides is 2. The minimum absolute atomic E-state index is 0.0274. The number of benzene rings is 4. The molecule has 0 aliphatic carbocycles. The van der Waals surface area contributed by atoms with Crippen LogP contribution in [0.4, 0.5) is 0 Å². The molecule has 2 N–H and O–H groups in total. The highest BCUT2D eigenvalue weighted by molar-refractivity contribution is 6.06. The van der Waals surface area contributed by atoms with Crippen molar-refractivity contribution >= 4 is 17.8 Å². The summed E-state index contributed by atoms with van der Waals surface area (Å²) in [6, 6.07) is 31.2. The summed E-state index contributed by atoms with van der Waals surface area (Å²) >= 11 is 0. The summed E-state index contributed by atoms with van der Waals surface area (Å²) in [6.07, 6.45) is 0.271. The molecular weight excluding hydrogens is 544 g/mol. The summed E-state index contributed by atoms with van der Waals surface area (Å²) in [5.41, 5.74) is 3.75. The molecule has 0 aliphatic rings. The number of nitrogens with zero attached hydrogens (tertiary/aromatic N) is 2. The molecule has 4 aromatic rings. The number of rotatable bonds is 14. The van der Waals surface area contributed by atoms with E-state index >= 15 is 0 Å². The van der Waals surface area contributed by atoms with Crippen LogP contribution >= 0.6 is 0 Å². The van der Waals surface area contributed by atoms with Crippen LogP contribution in [0.25, 0.3) is 11.1 Å². The van der Waals surface area contributed by atoms with Crippen molar-refractivity contribution in [3.8, 4) is 16.9 Å². The normalized spacial score (nSPS) is 10.7. The molecule has 0 bridgehead atoms. The van der Waals surface area contributed by atoms with Crippen LogP contribution in [-0.4, -0.2) is 71.1 Å². The maximum Gasteiger partial charge on any atom is 0.305 e. The lowest BCUT2D eigenvalue weighted by Gasteiger charge is -2.25. The Morgan fingerprint density at radius 1 is 0.674 bits per heavy atom. The monoisotopic (exact) mass is 580 g/mol. The van der Waals surface area contributed by atoms with Gasteiger partial charge in [-0.2, -0.15) is 0 Å². The molecule has 4 aromatic carbocycles. The van der Waals surface area contributed by atoms with Gasteiger partial charge in [0.05, 0.1) is 20.1 Å². The number of aliphatic carboxylic acids is 1. The number of carboxylic acid groups (broad SMARTS) is 1. The molecule has 0 aliphatic heterocycles. The Bertz CT molecular complexity index is 1540. The molecule has 0 saturated carbocycles. The predicted molar refractivity (Wildman–Crippen MR) is 165 cm³/mol. The smallest absolute Gasteiger partial charge is 0.305 e.